The molecule has 2 unspecified atom stereocenters. The number of rotatable bonds is 8. The summed E-state index contributed by atoms with van der Waals surface area (Å²) in [4.78, 5) is 5.42. The zero-order chi connectivity index (χ0) is 28.2. The lowest BCUT2D eigenvalue weighted by Crippen LogP contribution is -2.36. The van der Waals surface area contributed by atoms with Crippen LogP contribution < -0.4 is 5.32 Å². The number of aromatic nitrogens is 3. The summed E-state index contributed by atoms with van der Waals surface area (Å²) < 4.78 is 46.8. The molecule has 1 aromatic carbocycles. The quantitative estimate of drug-likeness (QED) is 0.207. The molecule has 3 aromatic rings. The Morgan fingerprint density at radius 2 is 2.03 bits per heavy atom. The molecule has 3 heterocycles. The molecule has 1 saturated carbocycles. The summed E-state index contributed by atoms with van der Waals surface area (Å²) in [6.07, 6.45) is 0.418. The van der Waals surface area contributed by atoms with E-state index in [-0.39, 0.29) is 24.2 Å². The van der Waals surface area contributed by atoms with Crippen molar-refractivity contribution in [1.82, 2.24) is 25.4 Å². The summed E-state index contributed by atoms with van der Waals surface area (Å²) in [5.74, 6) is 0.419. The molecule has 0 radical (unpaired) electrons. The SMILES string of the molecule is CC.CN(C=N)C(=N)C(c1cccc(-c2n[nH]c3c(CNC4CCOC4)nc(C(F)(F)F)cc23)c1)C1CCC1. The highest BCUT2D eigenvalue weighted by molar-refractivity contribution is 5.96. The van der Waals surface area contributed by atoms with Crippen LogP contribution in [0.15, 0.2) is 30.3 Å². The lowest BCUT2D eigenvalue weighted by atomic mass is 9.72. The second-order valence-corrected chi connectivity index (χ2v) is 9.81. The first-order valence-electron chi connectivity index (χ1n) is 13.4. The Morgan fingerprint density at radius 3 is 2.64 bits per heavy atom. The van der Waals surface area contributed by atoms with Gasteiger partial charge < -0.3 is 15.0 Å². The fourth-order valence-corrected chi connectivity index (χ4v) is 5.11. The van der Waals surface area contributed by atoms with Crippen LogP contribution in [0.2, 0.25) is 0 Å². The Balaban J connectivity index is 0.00000172. The molecule has 5 rings (SSSR count). The highest BCUT2D eigenvalue weighted by atomic mass is 19.4. The zero-order valence-corrected chi connectivity index (χ0v) is 22.5. The molecule has 2 aliphatic rings. The third-order valence-electron chi connectivity index (χ3n) is 7.42. The number of ether oxygens (including phenoxy) is 1. The number of pyridine rings is 1. The Hall–Kier alpha value is -3.31. The standard InChI is InChI=1S/C26H30F3N7O.C2H6/c1-36(14-30)25(31)22(15-4-2-5-15)16-6-3-7-17(10-16)23-19-11-21(26(27,28)29)33-20(24(19)35-34-23)12-32-18-8-9-37-13-18;1-2/h3,6-7,10-11,14-15,18,22,30-32H,2,4-5,8-9,12-13H2,1H3,(H,34,35);1-2H3. The van der Waals surface area contributed by atoms with Gasteiger partial charge in [-0.1, -0.05) is 38.5 Å². The summed E-state index contributed by atoms with van der Waals surface area (Å²) >= 11 is 0. The van der Waals surface area contributed by atoms with Gasteiger partial charge in [-0.05, 0) is 42.9 Å². The fraction of sp³-hybridized carbons (Fsp3) is 0.500. The van der Waals surface area contributed by atoms with Gasteiger partial charge in [-0.25, -0.2) is 4.98 Å². The summed E-state index contributed by atoms with van der Waals surface area (Å²) in [7, 11) is 1.69. The molecule has 2 atom stereocenters. The van der Waals surface area contributed by atoms with Gasteiger partial charge >= 0.3 is 6.18 Å². The highest BCUT2D eigenvalue weighted by Crippen LogP contribution is 2.42. The molecule has 0 amide bonds. The number of benzene rings is 1. The van der Waals surface area contributed by atoms with Crippen LogP contribution in [-0.4, -0.2) is 58.6 Å². The molecule has 39 heavy (non-hydrogen) atoms. The number of nitrogens with one attached hydrogen (secondary N) is 4. The van der Waals surface area contributed by atoms with Crippen LogP contribution in [0, 0.1) is 16.7 Å². The maximum Gasteiger partial charge on any atom is 0.433 e. The van der Waals surface area contributed by atoms with Crippen LogP contribution in [-0.2, 0) is 17.5 Å². The number of aromatic amines is 1. The van der Waals surface area contributed by atoms with Gasteiger partial charge in [-0.3, -0.25) is 15.9 Å². The van der Waals surface area contributed by atoms with Gasteiger partial charge in [0.25, 0.3) is 0 Å². The minimum atomic E-state index is -4.60. The number of nitrogens with zero attached hydrogens (tertiary/aromatic N) is 3. The molecule has 11 heteroatoms. The van der Waals surface area contributed by atoms with Crippen molar-refractivity contribution in [2.24, 2.45) is 5.92 Å². The second-order valence-electron chi connectivity index (χ2n) is 9.81. The van der Waals surface area contributed by atoms with E-state index in [1.165, 1.54) is 4.90 Å². The number of likely N-dealkylation sites (N-methyl/N-ethyl adjacent to an activating group) is 1. The topological polar surface area (TPSA) is 114 Å². The van der Waals surface area contributed by atoms with Crippen LogP contribution in [0.1, 0.15) is 62.4 Å². The lowest BCUT2D eigenvalue weighted by Gasteiger charge is -2.36. The van der Waals surface area contributed by atoms with Gasteiger partial charge in [-0.15, -0.1) is 0 Å². The molecule has 8 nitrogen and oxygen atoms in total. The minimum absolute atomic E-state index is 0.0725. The van der Waals surface area contributed by atoms with Crippen molar-refractivity contribution in [2.45, 2.75) is 64.2 Å². The van der Waals surface area contributed by atoms with E-state index in [1.54, 1.807) is 7.05 Å². The predicted molar refractivity (Wildman–Crippen MR) is 146 cm³/mol. The van der Waals surface area contributed by atoms with Gasteiger partial charge in [0.15, 0.2) is 0 Å². The molecule has 2 fully saturated rings. The summed E-state index contributed by atoms with van der Waals surface area (Å²) in [5.41, 5.74) is 1.74. The van der Waals surface area contributed by atoms with Crippen LogP contribution in [0.3, 0.4) is 0 Å². The van der Waals surface area contributed by atoms with Crippen molar-refractivity contribution in [2.75, 3.05) is 20.3 Å². The highest BCUT2D eigenvalue weighted by Gasteiger charge is 2.35. The number of halogens is 3. The van der Waals surface area contributed by atoms with E-state index in [0.29, 0.717) is 47.1 Å². The zero-order valence-electron chi connectivity index (χ0n) is 22.5. The van der Waals surface area contributed by atoms with E-state index < -0.39 is 11.9 Å². The summed E-state index contributed by atoms with van der Waals surface area (Å²) in [6.45, 7) is 5.31. The lowest BCUT2D eigenvalue weighted by molar-refractivity contribution is -0.141. The number of hydrogen-bond donors (Lipinski definition) is 4. The van der Waals surface area contributed by atoms with Crippen LogP contribution >= 0.6 is 0 Å². The number of hydrogen-bond acceptors (Lipinski definition) is 6. The van der Waals surface area contributed by atoms with E-state index in [2.05, 4.69) is 20.5 Å². The summed E-state index contributed by atoms with van der Waals surface area (Å²) in [6, 6.07) is 8.65. The first-order valence-corrected chi connectivity index (χ1v) is 13.4. The Bertz CT molecular complexity index is 1300. The van der Waals surface area contributed by atoms with Crippen molar-refractivity contribution >= 4 is 23.1 Å². The van der Waals surface area contributed by atoms with Gasteiger partial charge in [-0.2, -0.15) is 18.3 Å². The third kappa shape index (κ3) is 6.14. The number of fused-ring (bicyclic) bond motifs is 1. The summed E-state index contributed by atoms with van der Waals surface area (Å²) in [5, 5.41) is 27.2. The van der Waals surface area contributed by atoms with E-state index in [0.717, 1.165) is 43.7 Å². The molecular formula is C28H36F3N7O. The smallest absolute Gasteiger partial charge is 0.380 e. The molecular weight excluding hydrogens is 507 g/mol. The molecule has 2 aromatic heterocycles. The van der Waals surface area contributed by atoms with Crippen molar-refractivity contribution < 1.29 is 17.9 Å². The predicted octanol–water partition coefficient (Wildman–Crippen LogP) is 5.95. The molecule has 4 N–H and O–H groups in total. The maximum atomic E-state index is 13.8. The largest absolute Gasteiger partial charge is 0.433 e. The molecule has 1 saturated heterocycles. The monoisotopic (exact) mass is 543 g/mol. The molecule has 0 spiro atoms. The number of alkyl halides is 3. The molecule has 0 bridgehead atoms. The third-order valence-corrected chi connectivity index (χ3v) is 7.42. The minimum Gasteiger partial charge on any atom is -0.380 e. The van der Waals surface area contributed by atoms with Gasteiger partial charge in [0.05, 0.1) is 24.2 Å². The van der Waals surface area contributed by atoms with Crippen molar-refractivity contribution in [3.05, 3.63) is 47.3 Å². The number of H-pyrrole nitrogens is 1. The normalized spacial score (nSPS) is 18.3. The first kappa shape index (κ1) is 28.7. The average molecular weight is 544 g/mol. The van der Waals surface area contributed by atoms with E-state index in [1.807, 2.05) is 38.1 Å². The van der Waals surface area contributed by atoms with E-state index >= 15 is 0 Å². The fourth-order valence-electron chi connectivity index (χ4n) is 5.11. The van der Waals surface area contributed by atoms with Gasteiger partial charge in [0.1, 0.15) is 17.2 Å². The molecule has 1 aliphatic carbocycles. The van der Waals surface area contributed by atoms with Gasteiger partial charge in [0, 0.05) is 43.1 Å². The van der Waals surface area contributed by atoms with Crippen molar-refractivity contribution in [3.8, 4) is 11.3 Å². The Kier molecular flexibility index (Phi) is 9.01. The Labute approximate surface area is 226 Å². The molecule has 1 aliphatic heterocycles. The van der Waals surface area contributed by atoms with Crippen molar-refractivity contribution in [1.29, 1.82) is 10.8 Å². The molecule has 210 valence electrons. The number of amidine groups is 1. The first-order chi connectivity index (χ1) is 18.8. The van der Waals surface area contributed by atoms with E-state index in [9.17, 15) is 13.2 Å². The maximum absolute atomic E-state index is 13.8. The van der Waals surface area contributed by atoms with Crippen LogP contribution in [0.25, 0.3) is 22.2 Å². The Morgan fingerprint density at radius 1 is 1.26 bits per heavy atom. The van der Waals surface area contributed by atoms with Gasteiger partial charge in [0.2, 0.25) is 0 Å². The van der Waals surface area contributed by atoms with Crippen LogP contribution in [0.4, 0.5) is 13.2 Å². The second kappa shape index (κ2) is 12.3. The van der Waals surface area contributed by atoms with Crippen LogP contribution in [0.5, 0.6) is 0 Å². The van der Waals surface area contributed by atoms with Crippen molar-refractivity contribution in [3.63, 3.8) is 0 Å². The van der Waals surface area contributed by atoms with E-state index in [4.69, 9.17) is 15.6 Å². The average Bonchev–Trinajstić information content (AvgIpc) is 3.59.